The number of nitrogens with zero attached hydrogens (tertiary/aromatic N) is 1. The lowest BCUT2D eigenvalue weighted by Gasteiger charge is -2.16. The van der Waals surface area contributed by atoms with Gasteiger partial charge < -0.3 is 10.6 Å². The van der Waals surface area contributed by atoms with Gasteiger partial charge in [0.05, 0.1) is 13.1 Å². The van der Waals surface area contributed by atoms with Gasteiger partial charge in [-0.2, -0.15) is 0 Å². The van der Waals surface area contributed by atoms with Crippen molar-refractivity contribution in [3.8, 4) is 0 Å². The fourth-order valence-electron chi connectivity index (χ4n) is 2.33. The van der Waals surface area contributed by atoms with Gasteiger partial charge in [0.25, 0.3) is 0 Å². The van der Waals surface area contributed by atoms with Crippen molar-refractivity contribution in [2.24, 2.45) is 0 Å². The molecule has 2 aromatic rings. The maximum absolute atomic E-state index is 12.8. The molecule has 0 aliphatic heterocycles. The van der Waals surface area contributed by atoms with Crippen molar-refractivity contribution in [3.05, 3.63) is 64.9 Å². The molecule has 5 nitrogen and oxygen atoms in total. The molecule has 2 amide bonds. The second kappa shape index (κ2) is 9.89. The van der Waals surface area contributed by atoms with Gasteiger partial charge in [0.15, 0.2) is 0 Å². The number of anilines is 1. The van der Waals surface area contributed by atoms with E-state index in [0.29, 0.717) is 23.7 Å². The van der Waals surface area contributed by atoms with Crippen molar-refractivity contribution in [2.45, 2.75) is 6.42 Å². The van der Waals surface area contributed by atoms with Crippen LogP contribution in [0.5, 0.6) is 0 Å². The van der Waals surface area contributed by atoms with E-state index in [1.54, 1.807) is 48.3 Å². The molecule has 7 heteroatoms. The predicted molar refractivity (Wildman–Crippen MR) is 101 cm³/mol. The van der Waals surface area contributed by atoms with E-state index in [9.17, 15) is 14.0 Å². The van der Waals surface area contributed by atoms with Crippen LogP contribution in [0.3, 0.4) is 0 Å². The summed E-state index contributed by atoms with van der Waals surface area (Å²) in [4.78, 5) is 25.5. The Morgan fingerprint density at radius 1 is 1.00 bits per heavy atom. The number of hydrogen-bond donors (Lipinski definition) is 2. The third-order valence-electron chi connectivity index (χ3n) is 3.60. The van der Waals surface area contributed by atoms with Gasteiger partial charge in [-0.1, -0.05) is 23.7 Å². The standard InChI is InChI=1S/C19H21ClFN3O2/c1-24(13-19(26)23-17-8-4-15(20)5-9-17)12-18(25)22-11-10-14-2-6-16(21)7-3-14/h2-9H,10-13H2,1H3,(H,22,25)(H,23,26). The van der Waals surface area contributed by atoms with E-state index >= 15 is 0 Å². The summed E-state index contributed by atoms with van der Waals surface area (Å²) in [6.07, 6.45) is 0.618. The molecule has 2 rings (SSSR count). The van der Waals surface area contributed by atoms with Gasteiger partial charge in [-0.25, -0.2) is 4.39 Å². The number of carbonyl (C=O) groups excluding carboxylic acids is 2. The molecule has 0 saturated heterocycles. The minimum Gasteiger partial charge on any atom is -0.355 e. The van der Waals surface area contributed by atoms with Crippen molar-refractivity contribution in [3.63, 3.8) is 0 Å². The minimum absolute atomic E-state index is 0.0913. The molecule has 0 aliphatic rings. The van der Waals surface area contributed by atoms with Gasteiger partial charge in [-0.05, 0) is 55.4 Å². The maximum atomic E-state index is 12.8. The normalized spacial score (nSPS) is 10.6. The second-order valence-electron chi connectivity index (χ2n) is 5.95. The van der Waals surface area contributed by atoms with Gasteiger partial charge in [0, 0.05) is 17.3 Å². The molecule has 2 aromatic carbocycles. The lowest BCUT2D eigenvalue weighted by atomic mass is 10.1. The van der Waals surface area contributed by atoms with Crippen LogP contribution in [0, 0.1) is 5.82 Å². The van der Waals surface area contributed by atoms with Crippen LogP contribution in [0.15, 0.2) is 48.5 Å². The van der Waals surface area contributed by atoms with Gasteiger partial charge >= 0.3 is 0 Å². The lowest BCUT2D eigenvalue weighted by Crippen LogP contribution is -2.39. The molecule has 26 heavy (non-hydrogen) atoms. The average Bonchev–Trinajstić information content (AvgIpc) is 2.58. The lowest BCUT2D eigenvalue weighted by molar-refractivity contribution is -0.122. The Morgan fingerprint density at radius 2 is 1.62 bits per heavy atom. The molecule has 2 N–H and O–H groups in total. The number of benzene rings is 2. The number of rotatable bonds is 8. The molecule has 0 aromatic heterocycles. The first-order chi connectivity index (χ1) is 12.4. The van der Waals surface area contributed by atoms with E-state index in [-0.39, 0.29) is 30.7 Å². The number of amides is 2. The van der Waals surface area contributed by atoms with Gasteiger partial charge in [-0.3, -0.25) is 14.5 Å². The van der Waals surface area contributed by atoms with Crippen molar-refractivity contribution in [1.29, 1.82) is 0 Å². The largest absolute Gasteiger partial charge is 0.355 e. The molecular weight excluding hydrogens is 357 g/mol. The Bertz CT molecular complexity index is 735. The third-order valence-corrected chi connectivity index (χ3v) is 3.86. The first kappa shape index (κ1) is 19.9. The first-order valence-corrected chi connectivity index (χ1v) is 8.55. The fraction of sp³-hybridized carbons (Fsp3) is 0.263. The highest BCUT2D eigenvalue weighted by atomic mass is 35.5. The average molecular weight is 378 g/mol. The molecule has 0 radical (unpaired) electrons. The fourth-order valence-corrected chi connectivity index (χ4v) is 2.46. The van der Waals surface area contributed by atoms with Crippen LogP contribution in [0.4, 0.5) is 10.1 Å². The Labute approximate surface area is 157 Å². The number of likely N-dealkylation sites (N-methyl/N-ethyl adjacent to an activating group) is 1. The number of halogens is 2. The molecule has 0 unspecified atom stereocenters. The number of carbonyl (C=O) groups is 2. The molecule has 0 bridgehead atoms. The summed E-state index contributed by atoms with van der Waals surface area (Å²) in [7, 11) is 1.70. The maximum Gasteiger partial charge on any atom is 0.238 e. The Hall–Kier alpha value is -2.44. The predicted octanol–water partition coefficient (Wildman–Crippen LogP) is 2.71. The van der Waals surface area contributed by atoms with E-state index in [2.05, 4.69) is 10.6 Å². The van der Waals surface area contributed by atoms with Crippen LogP contribution in [-0.4, -0.2) is 43.4 Å². The Morgan fingerprint density at radius 3 is 2.27 bits per heavy atom. The number of hydrogen-bond acceptors (Lipinski definition) is 3. The van der Waals surface area contributed by atoms with Gasteiger partial charge in [0.1, 0.15) is 5.82 Å². The molecule has 138 valence electrons. The third kappa shape index (κ3) is 7.21. The molecular formula is C19H21ClFN3O2. The summed E-state index contributed by atoms with van der Waals surface area (Å²) in [6, 6.07) is 13.0. The van der Waals surface area contributed by atoms with Crippen molar-refractivity contribution in [2.75, 3.05) is 32.0 Å². The summed E-state index contributed by atoms with van der Waals surface area (Å²) in [5.74, 6) is -0.667. The molecule has 0 heterocycles. The van der Waals surface area contributed by atoms with E-state index in [1.165, 1.54) is 12.1 Å². The van der Waals surface area contributed by atoms with Crippen LogP contribution < -0.4 is 10.6 Å². The van der Waals surface area contributed by atoms with Gasteiger partial charge in [-0.15, -0.1) is 0 Å². The summed E-state index contributed by atoms with van der Waals surface area (Å²) in [5.41, 5.74) is 1.60. The quantitative estimate of drug-likeness (QED) is 0.743. The molecule has 0 aliphatic carbocycles. The highest BCUT2D eigenvalue weighted by Crippen LogP contribution is 2.13. The van der Waals surface area contributed by atoms with Crippen LogP contribution in [0.2, 0.25) is 5.02 Å². The van der Waals surface area contributed by atoms with Crippen molar-refractivity contribution in [1.82, 2.24) is 10.2 Å². The van der Waals surface area contributed by atoms with Crippen LogP contribution in [-0.2, 0) is 16.0 Å². The molecule has 0 saturated carbocycles. The van der Waals surface area contributed by atoms with Crippen LogP contribution >= 0.6 is 11.6 Å². The minimum atomic E-state index is -0.281. The molecule has 0 spiro atoms. The zero-order valence-electron chi connectivity index (χ0n) is 14.5. The van der Waals surface area contributed by atoms with Crippen LogP contribution in [0.1, 0.15) is 5.56 Å². The number of nitrogens with one attached hydrogen (secondary N) is 2. The zero-order valence-corrected chi connectivity index (χ0v) is 15.2. The monoisotopic (exact) mass is 377 g/mol. The topological polar surface area (TPSA) is 61.4 Å². The van der Waals surface area contributed by atoms with E-state index < -0.39 is 0 Å². The SMILES string of the molecule is CN(CC(=O)NCCc1ccc(F)cc1)CC(=O)Nc1ccc(Cl)cc1. The smallest absolute Gasteiger partial charge is 0.238 e. The summed E-state index contributed by atoms with van der Waals surface area (Å²) < 4.78 is 12.8. The zero-order chi connectivity index (χ0) is 18.9. The van der Waals surface area contributed by atoms with Crippen LogP contribution in [0.25, 0.3) is 0 Å². The van der Waals surface area contributed by atoms with Gasteiger partial charge in [0.2, 0.25) is 11.8 Å². The summed E-state index contributed by atoms with van der Waals surface area (Å²) in [5, 5.41) is 6.12. The van der Waals surface area contributed by atoms with E-state index in [1.807, 2.05) is 0 Å². The Balaban J connectivity index is 1.66. The van der Waals surface area contributed by atoms with Crippen molar-refractivity contribution < 1.29 is 14.0 Å². The molecule has 0 fully saturated rings. The second-order valence-corrected chi connectivity index (χ2v) is 6.39. The van der Waals surface area contributed by atoms with E-state index in [0.717, 1.165) is 5.56 Å². The molecule has 0 atom stereocenters. The highest BCUT2D eigenvalue weighted by molar-refractivity contribution is 6.30. The summed E-state index contributed by atoms with van der Waals surface area (Å²) in [6.45, 7) is 0.654. The first-order valence-electron chi connectivity index (χ1n) is 8.17. The van der Waals surface area contributed by atoms with E-state index in [4.69, 9.17) is 11.6 Å². The Kier molecular flexibility index (Phi) is 7.56. The highest BCUT2D eigenvalue weighted by Gasteiger charge is 2.10. The van der Waals surface area contributed by atoms with Crippen molar-refractivity contribution >= 4 is 29.1 Å². The summed E-state index contributed by atoms with van der Waals surface area (Å²) >= 11 is 5.80.